The number of nitrogens with one attached hydrogen (secondary N) is 1. The molecule has 122 valence electrons. The average molecular weight is 306 g/mol. The van der Waals surface area contributed by atoms with Gasteiger partial charge in [-0.3, -0.25) is 0 Å². The van der Waals surface area contributed by atoms with Crippen LogP contribution < -0.4 is 10.1 Å². The number of ether oxygens (including phenoxy) is 2. The zero-order valence-corrected chi connectivity index (χ0v) is 13.9. The fraction of sp³-hybridized carbons (Fsp3) is 0.588. The van der Waals surface area contributed by atoms with Gasteiger partial charge in [0.15, 0.2) is 0 Å². The molecule has 1 aliphatic heterocycles. The highest BCUT2D eigenvalue weighted by Gasteiger charge is 2.32. The minimum Gasteiger partial charge on any atom is -0.487 e. The molecule has 0 atom stereocenters. The number of likely N-dealkylation sites (tertiary alicyclic amines) is 1. The van der Waals surface area contributed by atoms with Gasteiger partial charge < -0.3 is 19.7 Å². The minimum absolute atomic E-state index is 0.0556. The van der Waals surface area contributed by atoms with E-state index in [-0.39, 0.29) is 17.6 Å². The van der Waals surface area contributed by atoms with E-state index >= 15 is 0 Å². The summed E-state index contributed by atoms with van der Waals surface area (Å²) in [5.41, 5.74) is 1.43. The fourth-order valence-corrected chi connectivity index (χ4v) is 2.28. The summed E-state index contributed by atoms with van der Waals surface area (Å²) in [7, 11) is 1.62. The molecule has 0 bridgehead atoms. The lowest BCUT2D eigenvalue weighted by atomic mass is 9.87. The SMILES string of the molecule is COCCNC(=O)N1CC(Oc2ccc(C(C)(C)C)cc2)C1. The van der Waals surface area contributed by atoms with Crippen molar-refractivity contribution in [2.75, 3.05) is 33.4 Å². The van der Waals surface area contributed by atoms with Crippen LogP contribution in [0.15, 0.2) is 24.3 Å². The van der Waals surface area contributed by atoms with Crippen LogP contribution in [0.25, 0.3) is 0 Å². The predicted molar refractivity (Wildman–Crippen MR) is 86.4 cm³/mol. The van der Waals surface area contributed by atoms with Gasteiger partial charge >= 0.3 is 6.03 Å². The van der Waals surface area contributed by atoms with Gasteiger partial charge in [-0.2, -0.15) is 0 Å². The highest BCUT2D eigenvalue weighted by atomic mass is 16.5. The highest BCUT2D eigenvalue weighted by molar-refractivity contribution is 5.75. The van der Waals surface area contributed by atoms with Crippen LogP contribution in [-0.2, 0) is 10.2 Å². The molecular weight excluding hydrogens is 280 g/mol. The Bertz CT molecular complexity index is 488. The van der Waals surface area contributed by atoms with Crippen molar-refractivity contribution in [1.29, 1.82) is 0 Å². The lowest BCUT2D eigenvalue weighted by molar-refractivity contribution is 0.0438. The summed E-state index contributed by atoms with van der Waals surface area (Å²) in [6.07, 6.45) is 0.0775. The van der Waals surface area contributed by atoms with Gasteiger partial charge in [0.05, 0.1) is 19.7 Å². The molecule has 0 unspecified atom stereocenters. The van der Waals surface area contributed by atoms with Crippen molar-refractivity contribution in [1.82, 2.24) is 10.2 Å². The normalized spacial score (nSPS) is 15.4. The van der Waals surface area contributed by atoms with Crippen molar-refractivity contribution in [3.63, 3.8) is 0 Å². The molecule has 2 rings (SSSR count). The molecule has 22 heavy (non-hydrogen) atoms. The van der Waals surface area contributed by atoms with Crippen LogP contribution in [0.5, 0.6) is 5.75 Å². The van der Waals surface area contributed by atoms with Crippen LogP contribution in [-0.4, -0.2) is 50.4 Å². The first kappa shape index (κ1) is 16.6. The van der Waals surface area contributed by atoms with Gasteiger partial charge in [-0.1, -0.05) is 32.9 Å². The summed E-state index contributed by atoms with van der Waals surface area (Å²) in [5, 5.41) is 2.80. The first-order valence-electron chi connectivity index (χ1n) is 7.69. The Hall–Kier alpha value is -1.75. The summed E-state index contributed by atoms with van der Waals surface area (Å²) in [6, 6.07) is 8.15. The summed E-state index contributed by atoms with van der Waals surface area (Å²) < 4.78 is 10.8. The Morgan fingerprint density at radius 2 is 1.91 bits per heavy atom. The molecule has 1 aromatic rings. The number of carbonyl (C=O) groups excluding carboxylic acids is 1. The summed E-state index contributed by atoms with van der Waals surface area (Å²) in [5.74, 6) is 0.859. The zero-order valence-electron chi connectivity index (χ0n) is 13.9. The Morgan fingerprint density at radius 1 is 1.27 bits per heavy atom. The Balaban J connectivity index is 1.74. The number of hydrogen-bond acceptors (Lipinski definition) is 3. The van der Waals surface area contributed by atoms with Gasteiger partial charge in [-0.25, -0.2) is 4.79 Å². The molecule has 1 N–H and O–H groups in total. The summed E-state index contributed by atoms with van der Waals surface area (Å²) in [6.45, 7) is 8.88. The lowest BCUT2D eigenvalue weighted by Crippen LogP contribution is -2.59. The largest absolute Gasteiger partial charge is 0.487 e. The van der Waals surface area contributed by atoms with E-state index in [1.54, 1.807) is 12.0 Å². The molecule has 1 saturated heterocycles. The second-order valence-electron chi connectivity index (χ2n) is 6.64. The van der Waals surface area contributed by atoms with Crippen LogP contribution in [0.3, 0.4) is 0 Å². The first-order valence-corrected chi connectivity index (χ1v) is 7.69. The van der Waals surface area contributed by atoms with E-state index in [9.17, 15) is 4.79 Å². The number of hydrogen-bond donors (Lipinski definition) is 1. The topological polar surface area (TPSA) is 50.8 Å². The summed E-state index contributed by atoms with van der Waals surface area (Å²) in [4.78, 5) is 13.5. The highest BCUT2D eigenvalue weighted by Crippen LogP contribution is 2.25. The molecule has 5 nitrogen and oxygen atoms in total. The van der Waals surface area contributed by atoms with Gasteiger partial charge in [-0.15, -0.1) is 0 Å². The van der Waals surface area contributed by atoms with E-state index < -0.39 is 0 Å². The quantitative estimate of drug-likeness (QED) is 0.850. The second-order valence-corrected chi connectivity index (χ2v) is 6.64. The van der Waals surface area contributed by atoms with E-state index in [2.05, 4.69) is 38.2 Å². The maximum absolute atomic E-state index is 11.8. The number of carbonyl (C=O) groups is 1. The molecule has 0 aromatic heterocycles. The Kier molecular flexibility index (Phi) is 5.29. The molecule has 0 saturated carbocycles. The van der Waals surface area contributed by atoms with Crippen LogP contribution >= 0.6 is 0 Å². The first-order chi connectivity index (χ1) is 10.4. The van der Waals surface area contributed by atoms with Gasteiger partial charge in [0.25, 0.3) is 0 Å². The van der Waals surface area contributed by atoms with Crippen molar-refractivity contribution in [2.45, 2.75) is 32.3 Å². The third kappa shape index (κ3) is 4.37. The molecule has 1 fully saturated rings. The molecule has 1 aromatic carbocycles. The van der Waals surface area contributed by atoms with Crippen LogP contribution in [0, 0.1) is 0 Å². The monoisotopic (exact) mass is 306 g/mol. The van der Waals surface area contributed by atoms with Gasteiger partial charge in [0.2, 0.25) is 0 Å². The average Bonchev–Trinajstić information content (AvgIpc) is 2.42. The van der Waals surface area contributed by atoms with E-state index in [4.69, 9.17) is 9.47 Å². The Labute approximate surface area is 132 Å². The van der Waals surface area contributed by atoms with Crippen molar-refractivity contribution in [2.24, 2.45) is 0 Å². The molecule has 0 radical (unpaired) electrons. The van der Waals surface area contributed by atoms with E-state index in [0.29, 0.717) is 26.2 Å². The van der Waals surface area contributed by atoms with Crippen LogP contribution in [0.4, 0.5) is 4.79 Å². The second kappa shape index (κ2) is 7.01. The zero-order chi connectivity index (χ0) is 16.2. The number of methoxy groups -OCH3 is 1. The smallest absolute Gasteiger partial charge is 0.317 e. The lowest BCUT2D eigenvalue weighted by Gasteiger charge is -2.38. The number of rotatable bonds is 5. The predicted octanol–water partition coefficient (Wildman–Crippen LogP) is 2.40. The number of amides is 2. The maximum atomic E-state index is 11.8. The van der Waals surface area contributed by atoms with E-state index in [1.165, 1.54) is 5.56 Å². The molecule has 0 aliphatic carbocycles. The summed E-state index contributed by atoms with van der Waals surface area (Å²) >= 11 is 0. The third-order valence-corrected chi connectivity index (χ3v) is 3.74. The minimum atomic E-state index is -0.0556. The van der Waals surface area contributed by atoms with Crippen molar-refractivity contribution >= 4 is 6.03 Å². The van der Waals surface area contributed by atoms with Crippen LogP contribution in [0.1, 0.15) is 26.3 Å². The third-order valence-electron chi connectivity index (χ3n) is 3.74. The molecule has 2 amide bonds. The molecule has 1 heterocycles. The number of urea groups is 1. The van der Waals surface area contributed by atoms with Gasteiger partial charge in [-0.05, 0) is 23.1 Å². The standard InChI is InChI=1S/C17H26N2O3/c1-17(2,3)13-5-7-14(8-6-13)22-15-11-19(12-15)16(20)18-9-10-21-4/h5-8,15H,9-12H2,1-4H3,(H,18,20). The fourth-order valence-electron chi connectivity index (χ4n) is 2.28. The van der Waals surface area contributed by atoms with Crippen LogP contribution in [0.2, 0.25) is 0 Å². The van der Waals surface area contributed by atoms with Gasteiger partial charge in [0.1, 0.15) is 11.9 Å². The molecule has 5 heteroatoms. The van der Waals surface area contributed by atoms with Crippen molar-refractivity contribution < 1.29 is 14.3 Å². The van der Waals surface area contributed by atoms with Crippen molar-refractivity contribution in [3.8, 4) is 5.75 Å². The van der Waals surface area contributed by atoms with Crippen molar-refractivity contribution in [3.05, 3.63) is 29.8 Å². The number of nitrogens with zero attached hydrogens (tertiary/aromatic N) is 1. The van der Waals surface area contributed by atoms with Gasteiger partial charge in [0, 0.05) is 13.7 Å². The molecule has 1 aliphatic rings. The number of benzene rings is 1. The molecular formula is C17H26N2O3. The Morgan fingerprint density at radius 3 is 2.45 bits per heavy atom. The van der Waals surface area contributed by atoms with E-state index in [1.807, 2.05) is 12.1 Å². The maximum Gasteiger partial charge on any atom is 0.317 e. The van der Waals surface area contributed by atoms with E-state index in [0.717, 1.165) is 5.75 Å². The molecule has 0 spiro atoms.